The van der Waals surface area contributed by atoms with Crippen LogP contribution in [-0.4, -0.2) is 11.1 Å². The van der Waals surface area contributed by atoms with E-state index < -0.39 is 11.8 Å². The number of hydrogen-bond acceptors (Lipinski definition) is 1. The Morgan fingerprint density at radius 2 is 1.93 bits per heavy atom. The molecule has 0 heterocycles. The molecule has 1 aromatic rings. The van der Waals surface area contributed by atoms with Gasteiger partial charge in [-0.3, -0.25) is 0 Å². The number of allylic oxidation sites excluding steroid dienone is 1. The molecule has 0 aliphatic rings. The standard InChI is InChI=1S/C11H10BrFO2/c1-2-9(10(13)11(14)15)7-3-5-8(12)6-4-7/h3-6H,2H2,1H3,(H,14,15)/b10-9-. The van der Waals surface area contributed by atoms with E-state index in [9.17, 15) is 9.18 Å². The maximum Gasteiger partial charge on any atom is 0.365 e. The SMILES string of the molecule is CC/C(=C(/F)C(=O)O)c1ccc(Br)cc1. The number of carbonyl (C=O) groups is 1. The molecule has 15 heavy (non-hydrogen) atoms. The van der Waals surface area contributed by atoms with E-state index in [2.05, 4.69) is 15.9 Å². The van der Waals surface area contributed by atoms with Gasteiger partial charge in [-0.1, -0.05) is 35.0 Å². The Bertz CT molecular complexity index is 396. The van der Waals surface area contributed by atoms with Crippen LogP contribution in [0.4, 0.5) is 4.39 Å². The fourth-order valence-corrected chi connectivity index (χ4v) is 1.53. The molecular weight excluding hydrogens is 263 g/mol. The first kappa shape index (κ1) is 11.9. The molecule has 1 rings (SSSR count). The van der Waals surface area contributed by atoms with Gasteiger partial charge >= 0.3 is 5.97 Å². The molecule has 0 aliphatic heterocycles. The molecule has 1 N–H and O–H groups in total. The second-order valence-corrected chi connectivity index (χ2v) is 3.87. The first-order valence-corrected chi connectivity index (χ1v) is 5.23. The van der Waals surface area contributed by atoms with Crippen molar-refractivity contribution < 1.29 is 14.3 Å². The minimum Gasteiger partial charge on any atom is -0.476 e. The molecule has 1 aromatic carbocycles. The zero-order chi connectivity index (χ0) is 11.4. The third kappa shape index (κ3) is 2.89. The molecule has 0 saturated heterocycles. The molecule has 0 aromatic heterocycles. The molecule has 2 nitrogen and oxygen atoms in total. The second kappa shape index (κ2) is 5.07. The lowest BCUT2D eigenvalue weighted by Gasteiger charge is -2.05. The number of halogens is 2. The van der Waals surface area contributed by atoms with Crippen molar-refractivity contribution in [3.63, 3.8) is 0 Å². The van der Waals surface area contributed by atoms with Crippen LogP contribution in [0.3, 0.4) is 0 Å². The highest BCUT2D eigenvalue weighted by atomic mass is 79.9. The first-order chi connectivity index (χ1) is 7.06. The summed E-state index contributed by atoms with van der Waals surface area (Å²) >= 11 is 3.26. The van der Waals surface area contributed by atoms with E-state index in [0.29, 0.717) is 12.0 Å². The monoisotopic (exact) mass is 272 g/mol. The third-order valence-electron chi connectivity index (χ3n) is 2.00. The number of carboxylic acids is 1. The summed E-state index contributed by atoms with van der Waals surface area (Å²) in [4.78, 5) is 10.5. The average Bonchev–Trinajstić information content (AvgIpc) is 2.21. The van der Waals surface area contributed by atoms with Crippen LogP contribution in [0.25, 0.3) is 5.57 Å². The Kier molecular flexibility index (Phi) is 4.03. The van der Waals surface area contributed by atoms with Crippen LogP contribution >= 0.6 is 15.9 Å². The van der Waals surface area contributed by atoms with Crippen LogP contribution in [0.5, 0.6) is 0 Å². The smallest absolute Gasteiger partial charge is 0.365 e. The highest BCUT2D eigenvalue weighted by Gasteiger charge is 2.13. The minimum atomic E-state index is -1.52. The van der Waals surface area contributed by atoms with Crippen molar-refractivity contribution in [1.29, 1.82) is 0 Å². The average molecular weight is 273 g/mol. The van der Waals surface area contributed by atoms with Crippen molar-refractivity contribution in [2.75, 3.05) is 0 Å². The number of rotatable bonds is 3. The molecule has 0 saturated carbocycles. The Balaban J connectivity index is 3.19. The van der Waals surface area contributed by atoms with Gasteiger partial charge in [-0.25, -0.2) is 4.79 Å². The number of aliphatic carboxylic acids is 1. The predicted octanol–water partition coefficient (Wildman–Crippen LogP) is 3.62. The van der Waals surface area contributed by atoms with E-state index in [1.807, 2.05) is 0 Å². The van der Waals surface area contributed by atoms with E-state index in [-0.39, 0.29) is 5.57 Å². The van der Waals surface area contributed by atoms with Crippen molar-refractivity contribution in [1.82, 2.24) is 0 Å². The summed E-state index contributed by atoms with van der Waals surface area (Å²) in [6.07, 6.45) is 0.347. The van der Waals surface area contributed by atoms with E-state index in [0.717, 1.165) is 4.47 Å². The normalized spacial score (nSPS) is 12.2. The van der Waals surface area contributed by atoms with Crippen LogP contribution in [0.1, 0.15) is 18.9 Å². The van der Waals surface area contributed by atoms with E-state index >= 15 is 0 Å². The Hall–Kier alpha value is -1.16. The summed E-state index contributed by atoms with van der Waals surface area (Å²) in [5.41, 5.74) is 0.815. The van der Waals surface area contributed by atoms with Crippen molar-refractivity contribution in [2.45, 2.75) is 13.3 Å². The van der Waals surface area contributed by atoms with Crippen LogP contribution in [0.2, 0.25) is 0 Å². The zero-order valence-electron chi connectivity index (χ0n) is 8.13. The molecule has 0 radical (unpaired) electrons. The highest BCUT2D eigenvalue weighted by Crippen LogP contribution is 2.24. The largest absolute Gasteiger partial charge is 0.476 e. The molecule has 0 unspecified atom stereocenters. The van der Waals surface area contributed by atoms with E-state index in [1.165, 1.54) is 0 Å². The summed E-state index contributed by atoms with van der Waals surface area (Å²) < 4.78 is 14.1. The summed E-state index contributed by atoms with van der Waals surface area (Å²) in [5.74, 6) is -2.60. The summed E-state index contributed by atoms with van der Waals surface area (Å²) in [7, 11) is 0. The van der Waals surface area contributed by atoms with Crippen molar-refractivity contribution in [2.24, 2.45) is 0 Å². The first-order valence-electron chi connectivity index (χ1n) is 4.44. The van der Waals surface area contributed by atoms with Gasteiger partial charge in [-0.2, -0.15) is 4.39 Å². The molecule has 0 aliphatic carbocycles. The van der Waals surface area contributed by atoms with Crippen molar-refractivity contribution in [3.05, 3.63) is 40.1 Å². The predicted molar refractivity (Wildman–Crippen MR) is 60.1 cm³/mol. The van der Waals surface area contributed by atoms with Gasteiger partial charge in [-0.15, -0.1) is 0 Å². The number of benzene rings is 1. The number of hydrogen-bond donors (Lipinski definition) is 1. The van der Waals surface area contributed by atoms with Crippen molar-refractivity contribution in [3.8, 4) is 0 Å². The Labute approximate surface area is 95.6 Å². The van der Waals surface area contributed by atoms with Gasteiger partial charge in [0.25, 0.3) is 0 Å². The van der Waals surface area contributed by atoms with Crippen LogP contribution in [0.15, 0.2) is 34.6 Å². The third-order valence-corrected chi connectivity index (χ3v) is 2.53. The lowest BCUT2D eigenvalue weighted by atomic mass is 10.0. The van der Waals surface area contributed by atoms with Gasteiger partial charge in [0, 0.05) is 10.0 Å². The maximum absolute atomic E-state index is 13.2. The summed E-state index contributed by atoms with van der Waals surface area (Å²) in [5, 5.41) is 8.56. The molecule has 0 spiro atoms. The van der Waals surface area contributed by atoms with Gasteiger partial charge in [0.15, 0.2) is 0 Å². The Morgan fingerprint density at radius 1 is 1.40 bits per heavy atom. The second-order valence-electron chi connectivity index (χ2n) is 2.96. The van der Waals surface area contributed by atoms with E-state index in [4.69, 9.17) is 5.11 Å². The maximum atomic E-state index is 13.2. The lowest BCUT2D eigenvalue weighted by Crippen LogP contribution is -1.99. The zero-order valence-corrected chi connectivity index (χ0v) is 9.71. The van der Waals surface area contributed by atoms with Crippen LogP contribution in [0, 0.1) is 0 Å². The fraction of sp³-hybridized carbons (Fsp3) is 0.182. The fourth-order valence-electron chi connectivity index (χ4n) is 1.27. The van der Waals surface area contributed by atoms with E-state index in [1.54, 1.807) is 31.2 Å². The van der Waals surface area contributed by atoms with Crippen LogP contribution < -0.4 is 0 Å². The van der Waals surface area contributed by atoms with Gasteiger partial charge in [0.1, 0.15) is 0 Å². The molecule has 0 bridgehead atoms. The van der Waals surface area contributed by atoms with Crippen molar-refractivity contribution >= 4 is 27.5 Å². The van der Waals surface area contributed by atoms with Crippen LogP contribution in [-0.2, 0) is 4.79 Å². The van der Waals surface area contributed by atoms with Gasteiger partial charge in [-0.05, 0) is 24.1 Å². The van der Waals surface area contributed by atoms with Gasteiger partial charge < -0.3 is 5.11 Å². The Morgan fingerprint density at radius 3 is 2.33 bits per heavy atom. The molecule has 0 amide bonds. The molecule has 0 atom stereocenters. The quantitative estimate of drug-likeness (QED) is 0.854. The number of carboxylic acid groups (broad SMARTS) is 1. The van der Waals surface area contributed by atoms with Gasteiger partial charge in [0.2, 0.25) is 5.83 Å². The lowest BCUT2D eigenvalue weighted by molar-refractivity contribution is -0.134. The molecule has 4 heteroatoms. The summed E-state index contributed by atoms with van der Waals surface area (Å²) in [6, 6.07) is 6.87. The summed E-state index contributed by atoms with van der Waals surface area (Å²) in [6.45, 7) is 1.72. The highest BCUT2D eigenvalue weighted by molar-refractivity contribution is 9.10. The molecular formula is C11H10BrFO2. The van der Waals surface area contributed by atoms with Gasteiger partial charge in [0.05, 0.1) is 0 Å². The minimum absolute atomic E-state index is 0.218. The molecule has 80 valence electrons. The topological polar surface area (TPSA) is 37.3 Å². The molecule has 0 fully saturated rings.